The quantitative estimate of drug-likeness (QED) is 0.740. The number of aromatic nitrogens is 4. The molecule has 0 amide bonds. The lowest BCUT2D eigenvalue weighted by atomic mass is 10.2. The summed E-state index contributed by atoms with van der Waals surface area (Å²) in [5.74, 6) is 0.899. The van der Waals surface area contributed by atoms with Gasteiger partial charge in [0.15, 0.2) is 0 Å². The van der Waals surface area contributed by atoms with Crippen LogP contribution in [0.2, 0.25) is 0 Å². The van der Waals surface area contributed by atoms with Crippen molar-refractivity contribution in [3.8, 4) is 0 Å². The molecular weight excluding hydrogens is 208 g/mol. The Bertz CT molecular complexity index is 452. The van der Waals surface area contributed by atoms with E-state index in [-0.39, 0.29) is 0 Å². The van der Waals surface area contributed by atoms with Gasteiger partial charge in [-0.15, -0.1) is 5.10 Å². The van der Waals surface area contributed by atoms with Crippen molar-refractivity contribution in [1.29, 1.82) is 0 Å². The van der Waals surface area contributed by atoms with E-state index in [1.165, 1.54) is 11.1 Å². The molecule has 0 aliphatic heterocycles. The van der Waals surface area contributed by atoms with Gasteiger partial charge in [-0.05, 0) is 22.9 Å². The second-order valence-corrected chi connectivity index (χ2v) is 4.31. The van der Waals surface area contributed by atoms with Crippen LogP contribution in [0, 0.1) is 6.92 Å². The minimum Gasteiger partial charge on any atom is -0.224 e. The molecule has 15 heavy (non-hydrogen) atoms. The van der Waals surface area contributed by atoms with E-state index in [4.69, 9.17) is 0 Å². The zero-order valence-electron chi connectivity index (χ0n) is 8.71. The number of tetrazole rings is 1. The summed E-state index contributed by atoms with van der Waals surface area (Å²) in [5, 5.41) is 12.1. The van der Waals surface area contributed by atoms with E-state index < -0.39 is 0 Å². The smallest absolute Gasteiger partial charge is 0.209 e. The SMILES string of the molecule is Cc1cccc(CSc2nnnn2C)c1. The lowest BCUT2D eigenvalue weighted by Gasteiger charge is -2.01. The lowest BCUT2D eigenvalue weighted by molar-refractivity contribution is 0.664. The Morgan fingerprint density at radius 1 is 1.40 bits per heavy atom. The van der Waals surface area contributed by atoms with Gasteiger partial charge < -0.3 is 0 Å². The zero-order valence-corrected chi connectivity index (χ0v) is 9.53. The van der Waals surface area contributed by atoms with Gasteiger partial charge in [-0.2, -0.15) is 0 Å². The summed E-state index contributed by atoms with van der Waals surface area (Å²) in [6.45, 7) is 2.10. The third-order valence-corrected chi connectivity index (χ3v) is 3.11. The Balaban J connectivity index is 2.02. The number of hydrogen-bond donors (Lipinski definition) is 0. The molecule has 0 aliphatic carbocycles. The van der Waals surface area contributed by atoms with Crippen LogP contribution in [0.4, 0.5) is 0 Å². The molecule has 1 heterocycles. The second-order valence-electron chi connectivity index (χ2n) is 3.36. The van der Waals surface area contributed by atoms with Crippen LogP contribution in [0.5, 0.6) is 0 Å². The van der Waals surface area contributed by atoms with Crippen LogP contribution in [0.3, 0.4) is 0 Å². The van der Waals surface area contributed by atoms with Crippen LogP contribution < -0.4 is 0 Å². The molecule has 4 nitrogen and oxygen atoms in total. The fraction of sp³-hybridized carbons (Fsp3) is 0.300. The standard InChI is InChI=1S/C10H12N4S/c1-8-4-3-5-9(6-8)7-15-10-11-12-13-14(10)2/h3-6H,7H2,1-2H3. The number of hydrogen-bond acceptors (Lipinski definition) is 4. The first kappa shape index (κ1) is 10.2. The summed E-state index contributed by atoms with van der Waals surface area (Å²) in [4.78, 5) is 0. The summed E-state index contributed by atoms with van der Waals surface area (Å²) in [6, 6.07) is 8.46. The van der Waals surface area contributed by atoms with Gasteiger partial charge in [-0.3, -0.25) is 0 Å². The van der Waals surface area contributed by atoms with E-state index in [9.17, 15) is 0 Å². The highest BCUT2D eigenvalue weighted by Crippen LogP contribution is 2.19. The fourth-order valence-electron chi connectivity index (χ4n) is 1.29. The van der Waals surface area contributed by atoms with Gasteiger partial charge in [0.2, 0.25) is 5.16 Å². The maximum absolute atomic E-state index is 3.92. The zero-order chi connectivity index (χ0) is 10.7. The van der Waals surface area contributed by atoms with Gasteiger partial charge in [-0.25, -0.2) is 4.68 Å². The highest BCUT2D eigenvalue weighted by atomic mass is 32.2. The monoisotopic (exact) mass is 220 g/mol. The molecule has 0 spiro atoms. The molecule has 0 aliphatic rings. The Kier molecular flexibility index (Phi) is 3.01. The molecule has 1 aromatic heterocycles. The Morgan fingerprint density at radius 2 is 2.27 bits per heavy atom. The van der Waals surface area contributed by atoms with Crippen molar-refractivity contribution in [3.63, 3.8) is 0 Å². The third kappa shape index (κ3) is 2.56. The van der Waals surface area contributed by atoms with Crippen LogP contribution in [-0.4, -0.2) is 20.2 Å². The molecule has 0 unspecified atom stereocenters. The highest BCUT2D eigenvalue weighted by molar-refractivity contribution is 7.98. The maximum Gasteiger partial charge on any atom is 0.209 e. The van der Waals surface area contributed by atoms with Crippen LogP contribution >= 0.6 is 11.8 Å². The van der Waals surface area contributed by atoms with Crippen LogP contribution in [0.1, 0.15) is 11.1 Å². The Morgan fingerprint density at radius 3 is 2.93 bits per heavy atom. The van der Waals surface area contributed by atoms with Gasteiger partial charge in [0, 0.05) is 12.8 Å². The molecule has 0 N–H and O–H groups in total. The lowest BCUT2D eigenvalue weighted by Crippen LogP contribution is -1.93. The third-order valence-electron chi connectivity index (χ3n) is 2.03. The predicted octanol–water partition coefficient (Wildman–Crippen LogP) is 1.81. The van der Waals surface area contributed by atoms with E-state index in [1.807, 2.05) is 7.05 Å². The van der Waals surface area contributed by atoms with E-state index >= 15 is 0 Å². The molecule has 78 valence electrons. The van der Waals surface area contributed by atoms with Gasteiger partial charge in [-0.1, -0.05) is 41.6 Å². The minimum absolute atomic E-state index is 0.844. The summed E-state index contributed by atoms with van der Waals surface area (Å²) in [7, 11) is 1.85. The van der Waals surface area contributed by atoms with Crippen molar-refractivity contribution >= 4 is 11.8 Å². The normalized spacial score (nSPS) is 10.5. The Labute approximate surface area is 92.7 Å². The summed E-state index contributed by atoms with van der Waals surface area (Å²) < 4.78 is 1.68. The first-order valence-electron chi connectivity index (χ1n) is 4.66. The van der Waals surface area contributed by atoms with E-state index in [2.05, 4.69) is 46.7 Å². The van der Waals surface area contributed by atoms with Crippen molar-refractivity contribution in [2.45, 2.75) is 17.8 Å². The molecule has 0 fully saturated rings. The van der Waals surface area contributed by atoms with Gasteiger partial charge in [0.25, 0.3) is 0 Å². The molecule has 0 radical (unpaired) electrons. The average Bonchev–Trinajstić information content (AvgIpc) is 2.61. The summed E-state index contributed by atoms with van der Waals surface area (Å²) >= 11 is 1.64. The van der Waals surface area contributed by atoms with Crippen molar-refractivity contribution in [2.75, 3.05) is 0 Å². The van der Waals surface area contributed by atoms with Crippen molar-refractivity contribution < 1.29 is 0 Å². The molecule has 0 atom stereocenters. The minimum atomic E-state index is 0.844. The number of aryl methyl sites for hydroxylation is 2. The summed E-state index contributed by atoms with van der Waals surface area (Å²) in [5.41, 5.74) is 2.58. The topological polar surface area (TPSA) is 43.6 Å². The average molecular weight is 220 g/mol. The van der Waals surface area contributed by atoms with Crippen molar-refractivity contribution in [2.24, 2.45) is 7.05 Å². The predicted molar refractivity (Wildman–Crippen MR) is 59.5 cm³/mol. The fourth-order valence-corrected chi connectivity index (χ4v) is 2.09. The second kappa shape index (κ2) is 4.44. The number of nitrogens with zero attached hydrogens (tertiary/aromatic N) is 4. The molecular formula is C10H12N4S. The maximum atomic E-state index is 3.92. The number of rotatable bonds is 3. The van der Waals surface area contributed by atoms with Crippen LogP contribution in [-0.2, 0) is 12.8 Å². The van der Waals surface area contributed by atoms with E-state index in [1.54, 1.807) is 16.4 Å². The molecule has 0 saturated heterocycles. The highest BCUT2D eigenvalue weighted by Gasteiger charge is 2.02. The summed E-state index contributed by atoms with van der Waals surface area (Å²) in [6.07, 6.45) is 0. The first-order valence-corrected chi connectivity index (χ1v) is 5.65. The molecule has 5 heteroatoms. The van der Waals surface area contributed by atoms with E-state index in [0.29, 0.717) is 0 Å². The van der Waals surface area contributed by atoms with Crippen molar-refractivity contribution in [1.82, 2.24) is 20.2 Å². The molecule has 0 bridgehead atoms. The van der Waals surface area contributed by atoms with E-state index in [0.717, 1.165) is 10.9 Å². The van der Waals surface area contributed by atoms with Crippen molar-refractivity contribution in [3.05, 3.63) is 35.4 Å². The molecule has 0 saturated carbocycles. The molecule has 2 rings (SSSR count). The van der Waals surface area contributed by atoms with Crippen LogP contribution in [0.15, 0.2) is 29.4 Å². The largest absolute Gasteiger partial charge is 0.224 e. The molecule has 1 aromatic carbocycles. The van der Waals surface area contributed by atoms with Gasteiger partial charge in [0.05, 0.1) is 0 Å². The number of benzene rings is 1. The van der Waals surface area contributed by atoms with Gasteiger partial charge in [0.1, 0.15) is 0 Å². The first-order chi connectivity index (χ1) is 7.25. The Hall–Kier alpha value is -1.36. The molecule has 2 aromatic rings. The number of thioether (sulfide) groups is 1. The van der Waals surface area contributed by atoms with Gasteiger partial charge >= 0.3 is 0 Å². The van der Waals surface area contributed by atoms with Crippen LogP contribution in [0.25, 0.3) is 0 Å².